The summed E-state index contributed by atoms with van der Waals surface area (Å²) in [5.41, 5.74) is 0. The fourth-order valence-electron chi connectivity index (χ4n) is 0.423. The lowest BCUT2D eigenvalue weighted by Crippen LogP contribution is -2.27. The molecule has 1 unspecified atom stereocenters. The molecule has 0 spiro atoms. The third-order valence-electron chi connectivity index (χ3n) is 0.950. The second kappa shape index (κ2) is 5.54. The zero-order valence-electron chi connectivity index (χ0n) is 5.85. The molecule has 1 N–H and O–H groups in total. The Kier molecular flexibility index (Phi) is 5.18. The van der Waals surface area contributed by atoms with Crippen LogP contribution in [0.1, 0.15) is 6.92 Å². The summed E-state index contributed by atoms with van der Waals surface area (Å²) in [6, 6.07) is 1.99. The van der Waals surface area contributed by atoms with Crippen LogP contribution in [-0.2, 0) is 4.74 Å². The summed E-state index contributed by atoms with van der Waals surface area (Å²) < 4.78 is 4.76. The van der Waals surface area contributed by atoms with Crippen molar-refractivity contribution in [3.8, 4) is 6.07 Å². The van der Waals surface area contributed by atoms with Crippen molar-refractivity contribution in [3.63, 3.8) is 0 Å². The highest BCUT2D eigenvalue weighted by Crippen LogP contribution is 1.74. The molecule has 0 bridgehead atoms. The molecule has 0 aliphatic rings. The van der Waals surface area contributed by atoms with E-state index < -0.39 is 0 Å². The van der Waals surface area contributed by atoms with Crippen molar-refractivity contribution >= 4 is 0 Å². The Labute approximate surface area is 55.6 Å². The maximum absolute atomic E-state index is 8.28. The topological polar surface area (TPSA) is 45.0 Å². The lowest BCUT2D eigenvalue weighted by Gasteiger charge is -2.03. The zero-order chi connectivity index (χ0) is 7.11. The van der Waals surface area contributed by atoms with Crippen LogP contribution in [0.5, 0.6) is 0 Å². The molecule has 0 heterocycles. The van der Waals surface area contributed by atoms with E-state index in [1.807, 2.05) is 6.92 Å². The molecule has 0 aliphatic carbocycles. The Morgan fingerprint density at radius 3 is 2.89 bits per heavy atom. The number of nitrogens with zero attached hydrogens (tertiary/aromatic N) is 1. The quantitative estimate of drug-likeness (QED) is 0.547. The molecule has 0 aliphatic heterocycles. The van der Waals surface area contributed by atoms with E-state index in [4.69, 9.17) is 10.00 Å². The largest absolute Gasteiger partial charge is 0.383 e. The molecule has 3 nitrogen and oxygen atoms in total. The summed E-state index contributed by atoms with van der Waals surface area (Å²) in [5, 5.41) is 11.2. The third-order valence-corrected chi connectivity index (χ3v) is 0.950. The van der Waals surface area contributed by atoms with E-state index in [-0.39, 0.29) is 6.04 Å². The van der Waals surface area contributed by atoms with Crippen LogP contribution in [0, 0.1) is 11.3 Å². The molecule has 9 heavy (non-hydrogen) atoms. The van der Waals surface area contributed by atoms with Crippen molar-refractivity contribution in [1.82, 2.24) is 5.32 Å². The van der Waals surface area contributed by atoms with Crippen molar-refractivity contribution in [2.45, 2.75) is 13.0 Å². The first kappa shape index (κ1) is 8.41. The highest BCUT2D eigenvalue weighted by Gasteiger charge is 1.93. The molecule has 1 atom stereocenters. The van der Waals surface area contributed by atoms with E-state index >= 15 is 0 Å². The minimum Gasteiger partial charge on any atom is -0.383 e. The molecule has 0 saturated carbocycles. The van der Waals surface area contributed by atoms with Crippen LogP contribution >= 0.6 is 0 Å². The van der Waals surface area contributed by atoms with Gasteiger partial charge in [-0.1, -0.05) is 0 Å². The van der Waals surface area contributed by atoms with Crippen LogP contribution < -0.4 is 5.32 Å². The predicted octanol–water partition coefficient (Wildman–Crippen LogP) is 0.134. The predicted molar refractivity (Wildman–Crippen MR) is 35.0 cm³/mol. The summed E-state index contributed by atoms with van der Waals surface area (Å²) in [6.07, 6.45) is 0. The highest BCUT2D eigenvalue weighted by molar-refractivity contribution is 4.84. The fourth-order valence-corrected chi connectivity index (χ4v) is 0.423. The first-order valence-corrected chi connectivity index (χ1v) is 2.93. The molecule has 0 rings (SSSR count). The van der Waals surface area contributed by atoms with Gasteiger partial charge >= 0.3 is 0 Å². The third kappa shape index (κ3) is 5.28. The number of rotatable bonds is 4. The van der Waals surface area contributed by atoms with Gasteiger partial charge in [-0.25, -0.2) is 0 Å². The monoisotopic (exact) mass is 128 g/mol. The normalized spacial score (nSPS) is 12.6. The van der Waals surface area contributed by atoms with Gasteiger partial charge in [0.15, 0.2) is 0 Å². The van der Waals surface area contributed by atoms with E-state index in [1.165, 1.54) is 0 Å². The van der Waals surface area contributed by atoms with E-state index in [9.17, 15) is 0 Å². The Morgan fingerprint density at radius 2 is 2.44 bits per heavy atom. The number of nitriles is 1. The van der Waals surface area contributed by atoms with Crippen LogP contribution in [-0.4, -0.2) is 26.3 Å². The van der Waals surface area contributed by atoms with Gasteiger partial charge in [0, 0.05) is 13.7 Å². The molecule has 0 aromatic heterocycles. The molecular formula is C6H12N2O. The molecule has 0 fully saturated rings. The van der Waals surface area contributed by atoms with Crippen LogP contribution in [0.4, 0.5) is 0 Å². The van der Waals surface area contributed by atoms with Crippen LogP contribution in [0.3, 0.4) is 0 Å². The standard InChI is InChI=1S/C6H12N2O/c1-6(5-7)8-3-4-9-2/h6,8H,3-4H2,1-2H3. The lowest BCUT2D eigenvalue weighted by atomic mass is 10.4. The van der Waals surface area contributed by atoms with Crippen LogP contribution in [0.2, 0.25) is 0 Å². The fraction of sp³-hybridized carbons (Fsp3) is 0.833. The van der Waals surface area contributed by atoms with E-state index in [1.54, 1.807) is 7.11 Å². The summed E-state index contributed by atoms with van der Waals surface area (Å²) in [6.45, 7) is 3.22. The van der Waals surface area contributed by atoms with E-state index in [0.717, 1.165) is 6.54 Å². The van der Waals surface area contributed by atoms with Gasteiger partial charge in [-0.05, 0) is 6.92 Å². The van der Waals surface area contributed by atoms with Crippen molar-refractivity contribution in [1.29, 1.82) is 5.26 Å². The number of hydrogen-bond acceptors (Lipinski definition) is 3. The molecule has 3 heteroatoms. The average Bonchev–Trinajstić information content (AvgIpc) is 1.89. The van der Waals surface area contributed by atoms with Gasteiger partial charge in [0.25, 0.3) is 0 Å². The van der Waals surface area contributed by atoms with Gasteiger partial charge in [-0.3, -0.25) is 5.32 Å². The van der Waals surface area contributed by atoms with Gasteiger partial charge in [0.05, 0.1) is 18.7 Å². The molecule has 0 aromatic carbocycles. The van der Waals surface area contributed by atoms with Gasteiger partial charge in [-0.2, -0.15) is 5.26 Å². The second-order valence-electron chi connectivity index (χ2n) is 1.80. The molecule has 0 saturated heterocycles. The van der Waals surface area contributed by atoms with Gasteiger partial charge in [0.1, 0.15) is 0 Å². The minimum absolute atomic E-state index is 0.0693. The molecular weight excluding hydrogens is 116 g/mol. The Bertz CT molecular complexity index is 97.7. The highest BCUT2D eigenvalue weighted by atomic mass is 16.5. The van der Waals surface area contributed by atoms with Crippen molar-refractivity contribution in [2.75, 3.05) is 20.3 Å². The Hall–Kier alpha value is -0.590. The SMILES string of the molecule is COCCNC(C)C#N. The zero-order valence-corrected chi connectivity index (χ0v) is 5.85. The van der Waals surface area contributed by atoms with Crippen LogP contribution in [0.25, 0.3) is 0 Å². The van der Waals surface area contributed by atoms with Crippen molar-refractivity contribution < 1.29 is 4.74 Å². The van der Waals surface area contributed by atoms with E-state index in [2.05, 4.69) is 11.4 Å². The van der Waals surface area contributed by atoms with E-state index in [0.29, 0.717) is 6.61 Å². The molecule has 0 radical (unpaired) electrons. The summed E-state index contributed by atoms with van der Waals surface area (Å²) in [5.74, 6) is 0. The first-order valence-electron chi connectivity index (χ1n) is 2.93. The van der Waals surface area contributed by atoms with Crippen molar-refractivity contribution in [3.05, 3.63) is 0 Å². The molecule has 0 amide bonds. The second-order valence-corrected chi connectivity index (χ2v) is 1.80. The van der Waals surface area contributed by atoms with Gasteiger partial charge in [0.2, 0.25) is 0 Å². The Morgan fingerprint density at radius 1 is 1.78 bits per heavy atom. The maximum atomic E-state index is 8.28. The van der Waals surface area contributed by atoms with Gasteiger partial charge < -0.3 is 4.74 Å². The van der Waals surface area contributed by atoms with Crippen molar-refractivity contribution in [2.24, 2.45) is 0 Å². The summed E-state index contributed by atoms with van der Waals surface area (Å²) >= 11 is 0. The average molecular weight is 128 g/mol. The number of nitrogens with one attached hydrogen (secondary N) is 1. The first-order chi connectivity index (χ1) is 4.31. The maximum Gasteiger partial charge on any atom is 0.0925 e. The van der Waals surface area contributed by atoms with Crippen LogP contribution in [0.15, 0.2) is 0 Å². The number of ether oxygens (including phenoxy) is 1. The summed E-state index contributed by atoms with van der Waals surface area (Å²) in [4.78, 5) is 0. The number of methoxy groups -OCH3 is 1. The Balaban J connectivity index is 2.99. The molecule has 52 valence electrons. The lowest BCUT2D eigenvalue weighted by molar-refractivity contribution is 0.198. The smallest absolute Gasteiger partial charge is 0.0925 e. The molecule has 0 aromatic rings. The number of hydrogen-bond donors (Lipinski definition) is 1. The minimum atomic E-state index is -0.0693. The van der Waals surface area contributed by atoms with Gasteiger partial charge in [-0.15, -0.1) is 0 Å². The summed E-state index contributed by atoms with van der Waals surface area (Å²) in [7, 11) is 1.64.